The molecule has 0 atom stereocenters. The van der Waals surface area contributed by atoms with Gasteiger partial charge in [0.05, 0.1) is 6.61 Å². The molecule has 0 aliphatic heterocycles. The Hall–Kier alpha value is -2.45. The van der Waals surface area contributed by atoms with E-state index in [-0.39, 0.29) is 18.0 Å². The molecule has 0 saturated heterocycles. The van der Waals surface area contributed by atoms with E-state index in [2.05, 4.69) is 0 Å². The summed E-state index contributed by atoms with van der Waals surface area (Å²) in [5.74, 6) is -0.916. The molecule has 0 N–H and O–H groups in total. The van der Waals surface area contributed by atoms with Gasteiger partial charge in [0, 0.05) is 9.75 Å². The monoisotopic (exact) mass is 301 g/mol. The third-order valence-corrected chi connectivity index (χ3v) is 3.74. The first kappa shape index (κ1) is 14.9. The van der Waals surface area contributed by atoms with Crippen LogP contribution in [0.15, 0.2) is 42.0 Å². The Balaban J connectivity index is 2.25. The number of carbonyl (C=O) groups is 1. The normalized spacial score (nSPS) is 11.0. The number of benzene rings is 1. The van der Waals surface area contributed by atoms with Crippen LogP contribution in [0.2, 0.25) is 0 Å². The fourth-order valence-corrected chi connectivity index (χ4v) is 2.64. The molecule has 0 fully saturated rings. The van der Waals surface area contributed by atoms with Crippen LogP contribution in [0.3, 0.4) is 0 Å². The van der Waals surface area contributed by atoms with E-state index in [1.807, 2.05) is 12.1 Å². The molecule has 3 nitrogen and oxygen atoms in total. The van der Waals surface area contributed by atoms with Gasteiger partial charge < -0.3 is 4.74 Å². The summed E-state index contributed by atoms with van der Waals surface area (Å²) in [6.07, 6.45) is 1.50. The summed E-state index contributed by atoms with van der Waals surface area (Å²) in [5.41, 5.74) is 0.847. The van der Waals surface area contributed by atoms with E-state index in [9.17, 15) is 9.18 Å². The van der Waals surface area contributed by atoms with Crippen LogP contribution in [0.1, 0.15) is 11.8 Å². The van der Waals surface area contributed by atoms with Gasteiger partial charge in [-0.25, -0.2) is 9.18 Å². The number of carbonyl (C=O) groups excluding carboxylic acids is 1. The molecule has 106 valence electrons. The highest BCUT2D eigenvalue weighted by molar-refractivity contribution is 7.16. The van der Waals surface area contributed by atoms with Crippen molar-refractivity contribution < 1.29 is 13.9 Å². The van der Waals surface area contributed by atoms with E-state index >= 15 is 0 Å². The number of ether oxygens (including phenoxy) is 1. The molecule has 0 amide bonds. The van der Waals surface area contributed by atoms with Gasteiger partial charge in [-0.05, 0) is 42.8 Å². The zero-order chi connectivity index (χ0) is 15.2. The van der Waals surface area contributed by atoms with Crippen molar-refractivity contribution in [1.29, 1.82) is 5.26 Å². The smallest absolute Gasteiger partial charge is 0.348 e. The van der Waals surface area contributed by atoms with E-state index in [0.29, 0.717) is 0 Å². The van der Waals surface area contributed by atoms with Crippen molar-refractivity contribution in [3.05, 3.63) is 52.7 Å². The maximum atomic E-state index is 12.9. The summed E-state index contributed by atoms with van der Waals surface area (Å²) in [6, 6.07) is 11.7. The maximum Gasteiger partial charge on any atom is 0.348 e. The molecule has 2 aromatic rings. The Morgan fingerprint density at radius 2 is 2.05 bits per heavy atom. The van der Waals surface area contributed by atoms with E-state index in [1.165, 1.54) is 29.5 Å². The summed E-state index contributed by atoms with van der Waals surface area (Å²) >= 11 is 1.41. The molecule has 0 spiro atoms. The van der Waals surface area contributed by atoms with Gasteiger partial charge in [-0.15, -0.1) is 11.3 Å². The molecule has 0 aliphatic carbocycles. The van der Waals surface area contributed by atoms with Crippen molar-refractivity contribution in [3.8, 4) is 16.5 Å². The van der Waals surface area contributed by atoms with Gasteiger partial charge >= 0.3 is 5.97 Å². The van der Waals surface area contributed by atoms with E-state index < -0.39 is 5.97 Å². The van der Waals surface area contributed by atoms with Crippen LogP contribution in [-0.4, -0.2) is 12.6 Å². The minimum absolute atomic E-state index is 0.0376. The van der Waals surface area contributed by atoms with Crippen molar-refractivity contribution in [2.75, 3.05) is 6.61 Å². The van der Waals surface area contributed by atoms with Gasteiger partial charge in [0.25, 0.3) is 0 Å². The standard InChI is InChI=1S/C16H12FNO2S/c1-2-20-16(19)12(10-18)9-14-7-8-15(21-14)11-3-5-13(17)6-4-11/h3-9H,2H2,1H3/b12-9+. The van der Waals surface area contributed by atoms with Crippen LogP contribution in [0.4, 0.5) is 4.39 Å². The van der Waals surface area contributed by atoms with Crippen molar-refractivity contribution in [1.82, 2.24) is 0 Å². The van der Waals surface area contributed by atoms with Gasteiger partial charge in [0.1, 0.15) is 17.5 Å². The van der Waals surface area contributed by atoms with E-state index in [1.54, 1.807) is 25.1 Å². The Morgan fingerprint density at radius 3 is 2.67 bits per heavy atom. The fraction of sp³-hybridized carbons (Fsp3) is 0.125. The average Bonchev–Trinajstić information content (AvgIpc) is 2.94. The number of halogens is 1. The summed E-state index contributed by atoms with van der Waals surface area (Å²) < 4.78 is 17.7. The average molecular weight is 301 g/mol. The zero-order valence-corrected chi connectivity index (χ0v) is 12.1. The first-order valence-corrected chi connectivity index (χ1v) is 7.10. The molecule has 1 heterocycles. The SMILES string of the molecule is CCOC(=O)/C(C#N)=C/c1ccc(-c2ccc(F)cc2)s1. The lowest BCUT2D eigenvalue weighted by atomic mass is 10.2. The van der Waals surface area contributed by atoms with Crippen molar-refractivity contribution in [2.24, 2.45) is 0 Å². The molecular formula is C16H12FNO2S. The molecule has 21 heavy (non-hydrogen) atoms. The molecule has 1 aromatic heterocycles. The minimum Gasteiger partial charge on any atom is -0.462 e. The first-order chi connectivity index (χ1) is 10.1. The molecule has 0 saturated carbocycles. The third kappa shape index (κ3) is 3.77. The fourth-order valence-electron chi connectivity index (χ4n) is 1.69. The zero-order valence-electron chi connectivity index (χ0n) is 11.3. The highest BCUT2D eigenvalue weighted by Crippen LogP contribution is 2.29. The Bertz CT molecular complexity index is 711. The molecule has 1 aromatic carbocycles. The molecule has 5 heteroatoms. The predicted molar refractivity (Wildman–Crippen MR) is 79.9 cm³/mol. The molecule has 0 aliphatic rings. The van der Waals surface area contributed by atoms with E-state index in [0.717, 1.165) is 15.3 Å². The van der Waals surface area contributed by atoms with Gasteiger partial charge in [-0.3, -0.25) is 0 Å². The Kier molecular flexibility index (Phi) is 4.85. The summed E-state index contributed by atoms with van der Waals surface area (Å²) in [4.78, 5) is 13.2. The molecule has 0 bridgehead atoms. The van der Waals surface area contributed by atoms with Crippen LogP contribution in [-0.2, 0) is 9.53 Å². The van der Waals surface area contributed by atoms with Crippen molar-refractivity contribution >= 4 is 23.4 Å². The maximum absolute atomic E-state index is 12.9. The number of hydrogen-bond donors (Lipinski definition) is 0. The second kappa shape index (κ2) is 6.82. The van der Waals surface area contributed by atoms with Gasteiger partial charge in [0.2, 0.25) is 0 Å². The summed E-state index contributed by atoms with van der Waals surface area (Å²) in [6.45, 7) is 1.91. The van der Waals surface area contributed by atoms with Crippen LogP contribution < -0.4 is 0 Å². The lowest BCUT2D eigenvalue weighted by molar-refractivity contribution is -0.137. The van der Waals surface area contributed by atoms with E-state index in [4.69, 9.17) is 10.00 Å². The molecule has 2 rings (SSSR count). The topological polar surface area (TPSA) is 50.1 Å². The number of hydrogen-bond acceptors (Lipinski definition) is 4. The van der Waals surface area contributed by atoms with Gasteiger partial charge in [-0.1, -0.05) is 12.1 Å². The summed E-state index contributed by atoms with van der Waals surface area (Å²) in [5, 5.41) is 8.98. The first-order valence-electron chi connectivity index (χ1n) is 6.28. The summed E-state index contributed by atoms with van der Waals surface area (Å²) in [7, 11) is 0. The number of thiophene rings is 1. The highest BCUT2D eigenvalue weighted by atomic mass is 32.1. The quantitative estimate of drug-likeness (QED) is 0.487. The lowest BCUT2D eigenvalue weighted by Crippen LogP contribution is -2.05. The van der Waals surface area contributed by atoms with Crippen LogP contribution in [0.25, 0.3) is 16.5 Å². The number of esters is 1. The van der Waals surface area contributed by atoms with Crippen LogP contribution in [0.5, 0.6) is 0 Å². The van der Waals surface area contributed by atoms with Crippen LogP contribution in [0, 0.1) is 17.1 Å². The second-order valence-electron chi connectivity index (χ2n) is 4.10. The highest BCUT2D eigenvalue weighted by Gasteiger charge is 2.10. The minimum atomic E-state index is -0.628. The van der Waals surface area contributed by atoms with Crippen molar-refractivity contribution in [3.63, 3.8) is 0 Å². The Labute approximate surface area is 125 Å². The Morgan fingerprint density at radius 1 is 1.33 bits per heavy atom. The van der Waals surface area contributed by atoms with Gasteiger partial charge in [0.15, 0.2) is 0 Å². The lowest BCUT2D eigenvalue weighted by Gasteiger charge is -1.98. The van der Waals surface area contributed by atoms with Crippen molar-refractivity contribution in [2.45, 2.75) is 6.92 Å². The molecule has 0 unspecified atom stereocenters. The second-order valence-corrected chi connectivity index (χ2v) is 5.21. The number of rotatable bonds is 4. The third-order valence-electron chi connectivity index (χ3n) is 2.66. The molecule has 0 radical (unpaired) electrons. The van der Waals surface area contributed by atoms with Crippen LogP contribution >= 0.6 is 11.3 Å². The number of nitriles is 1. The van der Waals surface area contributed by atoms with Gasteiger partial charge in [-0.2, -0.15) is 5.26 Å². The predicted octanol–water partition coefficient (Wildman–Crippen LogP) is 4.02. The largest absolute Gasteiger partial charge is 0.462 e. The number of nitrogens with zero attached hydrogens (tertiary/aromatic N) is 1. The molecular weight excluding hydrogens is 289 g/mol.